The zero-order valence-electron chi connectivity index (χ0n) is 11.9. The second-order valence-electron chi connectivity index (χ2n) is 5.54. The number of nitrogens with zero attached hydrogens (tertiary/aromatic N) is 2. The fourth-order valence-electron chi connectivity index (χ4n) is 3.32. The quantitative estimate of drug-likeness (QED) is 0.829. The maximum Gasteiger partial charge on any atom is 0.241 e. The van der Waals surface area contributed by atoms with E-state index >= 15 is 0 Å². The Morgan fingerprint density at radius 1 is 1.37 bits per heavy atom. The summed E-state index contributed by atoms with van der Waals surface area (Å²) in [6.07, 6.45) is 0. The standard InChI is InChI=1S/C15H21N3O/c1-4-17-9-12-7-16-8-14(19)18(12)15-11(3)5-10(2)6-13(15)17/h5-6,12,16H,4,7-9H2,1-3H3. The number of rotatable bonds is 1. The van der Waals surface area contributed by atoms with Gasteiger partial charge in [0.05, 0.1) is 24.0 Å². The highest BCUT2D eigenvalue weighted by atomic mass is 16.2. The van der Waals surface area contributed by atoms with Crippen molar-refractivity contribution in [3.8, 4) is 0 Å². The Bertz CT molecular complexity index is 526. The molecule has 19 heavy (non-hydrogen) atoms. The van der Waals surface area contributed by atoms with Crippen LogP contribution in [0.15, 0.2) is 12.1 Å². The fourth-order valence-corrected chi connectivity index (χ4v) is 3.32. The summed E-state index contributed by atoms with van der Waals surface area (Å²) < 4.78 is 0. The molecule has 1 atom stereocenters. The summed E-state index contributed by atoms with van der Waals surface area (Å²) in [5.74, 6) is 0.195. The minimum atomic E-state index is 0.195. The highest BCUT2D eigenvalue weighted by molar-refractivity contribution is 6.01. The normalized spacial score (nSPS) is 22.3. The van der Waals surface area contributed by atoms with Crippen molar-refractivity contribution < 1.29 is 4.79 Å². The zero-order valence-corrected chi connectivity index (χ0v) is 11.9. The van der Waals surface area contributed by atoms with Crippen molar-refractivity contribution in [2.24, 2.45) is 0 Å². The second kappa shape index (κ2) is 4.53. The first-order valence-electron chi connectivity index (χ1n) is 7.00. The number of fused-ring (bicyclic) bond motifs is 3. The molecule has 1 amide bonds. The summed E-state index contributed by atoms with van der Waals surface area (Å²) in [5, 5.41) is 3.22. The molecule has 0 bridgehead atoms. The molecule has 4 nitrogen and oxygen atoms in total. The zero-order chi connectivity index (χ0) is 13.6. The maximum absolute atomic E-state index is 12.3. The third kappa shape index (κ3) is 1.91. The average Bonchev–Trinajstić information content (AvgIpc) is 2.37. The fraction of sp³-hybridized carbons (Fsp3) is 0.533. The average molecular weight is 259 g/mol. The first-order valence-corrected chi connectivity index (χ1v) is 7.00. The number of amides is 1. The largest absolute Gasteiger partial charge is 0.368 e. The van der Waals surface area contributed by atoms with Crippen LogP contribution in [0.3, 0.4) is 0 Å². The van der Waals surface area contributed by atoms with Crippen molar-refractivity contribution >= 4 is 17.3 Å². The van der Waals surface area contributed by atoms with Crippen molar-refractivity contribution in [1.82, 2.24) is 5.32 Å². The van der Waals surface area contributed by atoms with Gasteiger partial charge in [0.25, 0.3) is 0 Å². The second-order valence-corrected chi connectivity index (χ2v) is 5.54. The minimum Gasteiger partial charge on any atom is -0.368 e. The Hall–Kier alpha value is -1.55. The highest BCUT2D eigenvalue weighted by Gasteiger charge is 2.37. The number of benzene rings is 1. The number of anilines is 2. The molecule has 0 aromatic heterocycles. The van der Waals surface area contributed by atoms with Crippen LogP contribution in [0, 0.1) is 13.8 Å². The minimum absolute atomic E-state index is 0.195. The van der Waals surface area contributed by atoms with Crippen molar-refractivity contribution in [3.63, 3.8) is 0 Å². The number of nitrogens with one attached hydrogen (secondary N) is 1. The lowest BCUT2D eigenvalue weighted by molar-refractivity contribution is -0.119. The monoisotopic (exact) mass is 259 g/mol. The SMILES string of the molecule is CCN1CC2CNCC(=O)N2c2c(C)cc(C)cc21. The first-order chi connectivity index (χ1) is 9.11. The van der Waals surface area contributed by atoms with E-state index in [1.807, 2.05) is 4.90 Å². The lowest BCUT2D eigenvalue weighted by Gasteiger charge is -2.46. The number of hydrogen-bond donors (Lipinski definition) is 1. The predicted molar refractivity (Wildman–Crippen MR) is 77.9 cm³/mol. The van der Waals surface area contributed by atoms with Gasteiger partial charge in [0.1, 0.15) is 0 Å². The van der Waals surface area contributed by atoms with Crippen molar-refractivity contribution in [3.05, 3.63) is 23.3 Å². The summed E-state index contributed by atoms with van der Waals surface area (Å²) in [7, 11) is 0. The molecule has 102 valence electrons. The van der Waals surface area contributed by atoms with E-state index in [1.54, 1.807) is 0 Å². The topological polar surface area (TPSA) is 35.6 Å². The van der Waals surface area contributed by atoms with E-state index in [1.165, 1.54) is 16.8 Å². The van der Waals surface area contributed by atoms with E-state index in [-0.39, 0.29) is 11.9 Å². The molecule has 1 fully saturated rings. The molecule has 2 aliphatic rings. The number of hydrogen-bond acceptors (Lipinski definition) is 3. The number of aryl methyl sites for hydroxylation is 2. The van der Waals surface area contributed by atoms with Crippen LogP contribution < -0.4 is 15.1 Å². The molecule has 1 N–H and O–H groups in total. The third-order valence-corrected chi connectivity index (χ3v) is 4.11. The summed E-state index contributed by atoms with van der Waals surface area (Å²) in [4.78, 5) is 16.7. The van der Waals surface area contributed by atoms with Gasteiger partial charge in [-0.1, -0.05) is 6.07 Å². The van der Waals surface area contributed by atoms with E-state index in [0.717, 1.165) is 25.3 Å². The summed E-state index contributed by atoms with van der Waals surface area (Å²) >= 11 is 0. The van der Waals surface area contributed by atoms with Crippen LogP contribution in [0.4, 0.5) is 11.4 Å². The molecule has 4 heteroatoms. The molecule has 1 saturated heterocycles. The Morgan fingerprint density at radius 2 is 2.16 bits per heavy atom. The van der Waals surface area contributed by atoms with Crippen LogP contribution in [-0.4, -0.2) is 38.1 Å². The summed E-state index contributed by atoms with van der Waals surface area (Å²) in [5.41, 5.74) is 4.80. The lowest BCUT2D eigenvalue weighted by atomic mass is 9.99. The van der Waals surface area contributed by atoms with Crippen LogP contribution in [0.25, 0.3) is 0 Å². The van der Waals surface area contributed by atoms with Crippen LogP contribution in [-0.2, 0) is 4.79 Å². The van der Waals surface area contributed by atoms with E-state index in [0.29, 0.717) is 6.54 Å². The number of likely N-dealkylation sites (N-methyl/N-ethyl adjacent to an activating group) is 1. The molecule has 1 aromatic rings. The van der Waals surface area contributed by atoms with E-state index in [9.17, 15) is 4.79 Å². The van der Waals surface area contributed by atoms with Gasteiger partial charge in [0, 0.05) is 19.6 Å². The molecule has 0 radical (unpaired) electrons. The van der Waals surface area contributed by atoms with Gasteiger partial charge in [-0.2, -0.15) is 0 Å². The molecule has 1 aromatic carbocycles. The van der Waals surface area contributed by atoms with Crippen LogP contribution in [0.5, 0.6) is 0 Å². The van der Waals surface area contributed by atoms with Crippen LogP contribution in [0.2, 0.25) is 0 Å². The van der Waals surface area contributed by atoms with Crippen molar-refractivity contribution in [2.45, 2.75) is 26.8 Å². The molecule has 2 aliphatic heterocycles. The Morgan fingerprint density at radius 3 is 2.89 bits per heavy atom. The third-order valence-electron chi connectivity index (χ3n) is 4.11. The summed E-state index contributed by atoms with van der Waals surface area (Å²) in [6, 6.07) is 4.64. The lowest BCUT2D eigenvalue weighted by Crippen LogP contribution is -2.61. The Kier molecular flexibility index (Phi) is 2.97. The van der Waals surface area contributed by atoms with E-state index in [2.05, 4.69) is 43.1 Å². The van der Waals surface area contributed by atoms with Gasteiger partial charge >= 0.3 is 0 Å². The molecule has 1 unspecified atom stereocenters. The molecule has 0 spiro atoms. The Balaban J connectivity index is 2.17. The van der Waals surface area contributed by atoms with Crippen LogP contribution >= 0.6 is 0 Å². The van der Waals surface area contributed by atoms with Gasteiger partial charge in [-0.3, -0.25) is 4.79 Å². The first kappa shape index (κ1) is 12.5. The van der Waals surface area contributed by atoms with Crippen molar-refractivity contribution in [2.75, 3.05) is 36.0 Å². The number of carbonyl (C=O) groups is 1. The van der Waals surface area contributed by atoms with E-state index in [4.69, 9.17) is 0 Å². The molecule has 3 rings (SSSR count). The Labute approximate surface area is 114 Å². The highest BCUT2D eigenvalue weighted by Crippen LogP contribution is 2.39. The molecule has 0 saturated carbocycles. The molecule has 0 aliphatic carbocycles. The van der Waals surface area contributed by atoms with E-state index < -0.39 is 0 Å². The van der Waals surface area contributed by atoms with Crippen LogP contribution in [0.1, 0.15) is 18.1 Å². The molecular formula is C15H21N3O. The maximum atomic E-state index is 12.3. The molecule has 2 heterocycles. The van der Waals surface area contributed by atoms with Gasteiger partial charge < -0.3 is 15.1 Å². The van der Waals surface area contributed by atoms with Gasteiger partial charge in [0.15, 0.2) is 0 Å². The predicted octanol–water partition coefficient (Wildman–Crippen LogP) is 1.45. The molecular weight excluding hydrogens is 238 g/mol. The number of piperazine rings is 1. The van der Waals surface area contributed by atoms with Gasteiger partial charge in [0.2, 0.25) is 5.91 Å². The van der Waals surface area contributed by atoms with Gasteiger partial charge in [-0.25, -0.2) is 0 Å². The van der Waals surface area contributed by atoms with Gasteiger partial charge in [-0.15, -0.1) is 0 Å². The summed E-state index contributed by atoms with van der Waals surface area (Å²) in [6.45, 7) is 9.64. The number of carbonyl (C=O) groups excluding carboxylic acids is 1. The van der Waals surface area contributed by atoms with Crippen molar-refractivity contribution in [1.29, 1.82) is 0 Å². The van der Waals surface area contributed by atoms with Gasteiger partial charge in [-0.05, 0) is 38.0 Å². The smallest absolute Gasteiger partial charge is 0.241 e.